The number of hydrogen-bond acceptors (Lipinski definition) is 7. The summed E-state index contributed by atoms with van der Waals surface area (Å²) in [5.74, 6) is -3.29. The lowest BCUT2D eigenvalue weighted by Gasteiger charge is -2.13. The lowest BCUT2D eigenvalue weighted by Crippen LogP contribution is -2.20. The number of nitrogens with zero attached hydrogens (tertiary/aromatic N) is 2. The van der Waals surface area contributed by atoms with Crippen molar-refractivity contribution < 1.29 is 26.7 Å². The number of sulfonamides is 1. The van der Waals surface area contributed by atoms with Gasteiger partial charge in [-0.25, -0.2) is 27.2 Å². The fraction of sp³-hybridized carbons (Fsp3) is 0.350. The molecule has 0 saturated carbocycles. The summed E-state index contributed by atoms with van der Waals surface area (Å²) in [7, 11) is -3.84. The zero-order valence-electron chi connectivity index (χ0n) is 17.1. The number of carbonyl (C=O) groups is 1. The second-order valence-electron chi connectivity index (χ2n) is 7.39. The van der Waals surface area contributed by atoms with E-state index < -0.39 is 38.7 Å². The Bertz CT molecular complexity index is 1270. The Morgan fingerprint density at radius 1 is 1.31 bits per heavy atom. The Hall–Kier alpha value is -3.12. The maximum atomic E-state index is 15.1. The van der Waals surface area contributed by atoms with Gasteiger partial charge >= 0.3 is 0 Å². The molecule has 0 spiro atoms. The van der Waals surface area contributed by atoms with Crippen molar-refractivity contribution in [2.75, 3.05) is 29.0 Å². The van der Waals surface area contributed by atoms with Crippen molar-refractivity contribution in [2.24, 2.45) is 0 Å². The lowest BCUT2D eigenvalue weighted by molar-refractivity contribution is 0.103. The molecule has 0 bridgehead atoms. The van der Waals surface area contributed by atoms with Crippen LogP contribution in [0.2, 0.25) is 0 Å². The van der Waals surface area contributed by atoms with Crippen molar-refractivity contribution in [3.63, 3.8) is 0 Å². The first kappa shape index (κ1) is 22.1. The quantitative estimate of drug-likeness (QED) is 0.437. The number of benzene rings is 1. The van der Waals surface area contributed by atoms with Crippen LogP contribution >= 0.6 is 0 Å². The lowest BCUT2D eigenvalue weighted by atomic mass is 10.0. The van der Waals surface area contributed by atoms with E-state index in [1.165, 1.54) is 12.5 Å². The van der Waals surface area contributed by atoms with Crippen molar-refractivity contribution in [1.82, 2.24) is 15.0 Å². The summed E-state index contributed by atoms with van der Waals surface area (Å²) in [6.07, 6.45) is 3.64. The van der Waals surface area contributed by atoms with E-state index in [2.05, 4.69) is 25.0 Å². The van der Waals surface area contributed by atoms with Crippen LogP contribution in [0.1, 0.15) is 35.7 Å². The van der Waals surface area contributed by atoms with Crippen LogP contribution in [0.4, 0.5) is 20.3 Å². The van der Waals surface area contributed by atoms with Crippen molar-refractivity contribution in [3.8, 4) is 0 Å². The van der Waals surface area contributed by atoms with Crippen molar-refractivity contribution in [2.45, 2.75) is 25.8 Å². The second-order valence-corrected chi connectivity index (χ2v) is 9.23. The molecule has 1 atom stereocenters. The second kappa shape index (κ2) is 8.79. The molecule has 4 rings (SSSR count). The molecule has 1 aliphatic heterocycles. The Labute approximate surface area is 182 Å². The summed E-state index contributed by atoms with van der Waals surface area (Å²) in [5.41, 5.74) is -1.11. The molecule has 1 aliphatic rings. The summed E-state index contributed by atoms with van der Waals surface area (Å²) < 4.78 is 61.2. The molecule has 3 aromatic rings. The predicted molar refractivity (Wildman–Crippen MR) is 114 cm³/mol. The number of fused-ring (bicyclic) bond motifs is 1. The zero-order valence-corrected chi connectivity index (χ0v) is 17.9. The van der Waals surface area contributed by atoms with Gasteiger partial charge in [-0.15, -0.1) is 0 Å². The summed E-state index contributed by atoms with van der Waals surface area (Å²) in [6.45, 7) is 2.70. The predicted octanol–water partition coefficient (Wildman–Crippen LogP) is 2.82. The van der Waals surface area contributed by atoms with Gasteiger partial charge < -0.3 is 15.0 Å². The van der Waals surface area contributed by atoms with Crippen LogP contribution in [0.15, 0.2) is 24.7 Å². The number of ketones is 1. The summed E-state index contributed by atoms with van der Waals surface area (Å²) in [6, 6.07) is 1.76. The van der Waals surface area contributed by atoms with Gasteiger partial charge in [-0.1, -0.05) is 6.92 Å². The van der Waals surface area contributed by atoms with E-state index in [-0.39, 0.29) is 22.7 Å². The molecule has 12 heteroatoms. The molecule has 3 heterocycles. The van der Waals surface area contributed by atoms with Gasteiger partial charge in [-0.2, -0.15) is 0 Å². The van der Waals surface area contributed by atoms with E-state index in [0.717, 1.165) is 18.6 Å². The van der Waals surface area contributed by atoms with E-state index in [1.54, 1.807) is 6.92 Å². The van der Waals surface area contributed by atoms with Crippen LogP contribution < -0.4 is 10.0 Å². The van der Waals surface area contributed by atoms with Crippen LogP contribution in [0.25, 0.3) is 11.0 Å². The van der Waals surface area contributed by atoms with Gasteiger partial charge in [0.05, 0.1) is 40.6 Å². The van der Waals surface area contributed by atoms with E-state index in [4.69, 9.17) is 4.74 Å². The number of aromatic amines is 1. The van der Waals surface area contributed by atoms with Gasteiger partial charge in [-0.05, 0) is 25.0 Å². The summed E-state index contributed by atoms with van der Waals surface area (Å²) in [4.78, 5) is 24.3. The largest absolute Gasteiger partial charge is 0.379 e. The number of ether oxygens (including phenoxy) is 1. The van der Waals surface area contributed by atoms with Gasteiger partial charge in [0.2, 0.25) is 15.8 Å². The van der Waals surface area contributed by atoms with Gasteiger partial charge in [0.15, 0.2) is 5.82 Å². The van der Waals surface area contributed by atoms with Crippen LogP contribution in [-0.4, -0.2) is 54.2 Å². The summed E-state index contributed by atoms with van der Waals surface area (Å²) in [5, 5.41) is 3.45. The first-order valence-electron chi connectivity index (χ1n) is 10.00. The Morgan fingerprint density at radius 3 is 2.84 bits per heavy atom. The molecular weight excluding hydrogens is 444 g/mol. The van der Waals surface area contributed by atoms with E-state index in [9.17, 15) is 17.6 Å². The highest BCUT2D eigenvalue weighted by atomic mass is 32.2. The Morgan fingerprint density at radius 2 is 2.12 bits per heavy atom. The minimum absolute atomic E-state index is 0.0317. The average Bonchev–Trinajstić information content (AvgIpc) is 3.40. The van der Waals surface area contributed by atoms with Gasteiger partial charge in [-0.3, -0.25) is 9.52 Å². The highest BCUT2D eigenvalue weighted by Gasteiger charge is 2.27. The Kier molecular flexibility index (Phi) is 6.07. The topological polar surface area (TPSA) is 126 Å². The molecule has 1 fully saturated rings. The first-order chi connectivity index (χ1) is 15.3. The van der Waals surface area contributed by atoms with Gasteiger partial charge in [0.1, 0.15) is 23.6 Å². The smallest absolute Gasteiger partial charge is 0.232 e. The van der Waals surface area contributed by atoms with E-state index in [0.29, 0.717) is 31.1 Å². The van der Waals surface area contributed by atoms with Crippen LogP contribution in [0, 0.1) is 11.6 Å². The molecule has 1 saturated heterocycles. The fourth-order valence-electron chi connectivity index (χ4n) is 3.55. The molecule has 1 unspecified atom stereocenters. The third-order valence-corrected chi connectivity index (χ3v) is 6.52. The standard InChI is InChI=1S/C20H21F2N5O4S/c1-2-7-32(29,30)27-14-4-3-13(21)16(17(14)22)18(28)12-8-23-19-15(12)20(25-10-24-19)26-11-5-6-31-9-11/h3-4,8,10-11,27H,2,5-7,9H2,1H3,(H2,23,24,25,26). The molecule has 2 aromatic heterocycles. The number of carbonyl (C=O) groups excluding carboxylic acids is 1. The summed E-state index contributed by atoms with van der Waals surface area (Å²) >= 11 is 0. The van der Waals surface area contributed by atoms with Crippen molar-refractivity contribution in [3.05, 3.63) is 47.4 Å². The zero-order chi connectivity index (χ0) is 22.9. The molecule has 1 aromatic carbocycles. The monoisotopic (exact) mass is 465 g/mol. The van der Waals surface area contributed by atoms with Crippen molar-refractivity contribution in [1.29, 1.82) is 0 Å². The number of halogens is 2. The normalized spacial score (nSPS) is 16.4. The van der Waals surface area contributed by atoms with E-state index >= 15 is 4.39 Å². The fourth-order valence-corrected chi connectivity index (χ4v) is 4.69. The third kappa shape index (κ3) is 4.28. The third-order valence-electron chi connectivity index (χ3n) is 5.04. The molecule has 9 nitrogen and oxygen atoms in total. The number of hydrogen-bond donors (Lipinski definition) is 3. The molecule has 0 aliphatic carbocycles. The van der Waals surface area contributed by atoms with E-state index in [1.807, 2.05) is 0 Å². The van der Waals surface area contributed by atoms with Crippen LogP contribution in [-0.2, 0) is 14.8 Å². The molecular formula is C20H21F2N5O4S. The van der Waals surface area contributed by atoms with Gasteiger partial charge in [0, 0.05) is 12.8 Å². The van der Waals surface area contributed by atoms with Gasteiger partial charge in [0.25, 0.3) is 0 Å². The minimum atomic E-state index is -3.84. The molecule has 3 N–H and O–H groups in total. The maximum absolute atomic E-state index is 15.1. The highest BCUT2D eigenvalue weighted by molar-refractivity contribution is 7.92. The first-order valence-corrected chi connectivity index (χ1v) is 11.7. The van der Waals surface area contributed by atoms with Crippen LogP contribution in [0.5, 0.6) is 0 Å². The SMILES string of the molecule is CCCS(=O)(=O)Nc1ccc(F)c(C(=O)c2c[nH]c3ncnc(NC4CCOC4)c23)c1F. The highest BCUT2D eigenvalue weighted by Crippen LogP contribution is 2.30. The molecule has 0 radical (unpaired) electrons. The molecule has 0 amide bonds. The Balaban J connectivity index is 1.75. The number of anilines is 2. The number of aromatic nitrogens is 3. The molecule has 32 heavy (non-hydrogen) atoms. The molecule has 170 valence electrons. The number of H-pyrrole nitrogens is 1. The van der Waals surface area contributed by atoms with Crippen LogP contribution in [0.3, 0.4) is 0 Å². The maximum Gasteiger partial charge on any atom is 0.232 e. The average molecular weight is 465 g/mol. The number of rotatable bonds is 8. The van der Waals surface area contributed by atoms with Crippen molar-refractivity contribution >= 4 is 38.3 Å². The minimum Gasteiger partial charge on any atom is -0.379 e. The number of nitrogens with one attached hydrogen (secondary N) is 3.